The number of allylic oxidation sites excluding steroid dienone is 6. The maximum atomic E-state index is 14.0. The Morgan fingerprint density at radius 2 is 2.00 bits per heavy atom. The fourth-order valence-electron chi connectivity index (χ4n) is 3.41. The van der Waals surface area contributed by atoms with E-state index in [4.69, 9.17) is 4.42 Å². The molecule has 2 aromatic rings. The minimum absolute atomic E-state index is 0.146. The van der Waals surface area contributed by atoms with Crippen LogP contribution >= 0.6 is 0 Å². The van der Waals surface area contributed by atoms with E-state index >= 15 is 0 Å². The minimum atomic E-state index is -3.39. The van der Waals surface area contributed by atoms with Crippen LogP contribution in [0, 0.1) is 6.92 Å². The van der Waals surface area contributed by atoms with E-state index in [1.807, 2.05) is 31.2 Å². The highest BCUT2D eigenvalue weighted by Crippen LogP contribution is 2.42. The summed E-state index contributed by atoms with van der Waals surface area (Å²) in [5.41, 5.74) is 2.67. The summed E-state index contributed by atoms with van der Waals surface area (Å²) in [6.45, 7) is 3.52. The van der Waals surface area contributed by atoms with Gasteiger partial charge in [-0.1, -0.05) is 24.3 Å². The molecule has 2 aliphatic rings. The number of alkyl halides is 1. The molecule has 0 amide bonds. The van der Waals surface area contributed by atoms with E-state index in [2.05, 4.69) is 0 Å². The van der Waals surface area contributed by atoms with Gasteiger partial charge in [0, 0.05) is 42.0 Å². The fourth-order valence-corrected chi connectivity index (χ4v) is 3.92. The number of nitrogens with zero attached hydrogens (tertiary/aromatic N) is 1. The lowest BCUT2D eigenvalue weighted by atomic mass is 9.93. The first-order valence-electron chi connectivity index (χ1n) is 8.85. The highest BCUT2D eigenvalue weighted by atomic mass is 32.2. The largest absolute Gasteiger partial charge is 0.456 e. The topological polar surface area (TPSA) is 50.5 Å². The summed E-state index contributed by atoms with van der Waals surface area (Å²) in [6.07, 6.45) is 10.7. The minimum Gasteiger partial charge on any atom is -0.456 e. The van der Waals surface area contributed by atoms with Crippen molar-refractivity contribution in [2.45, 2.75) is 31.9 Å². The maximum absolute atomic E-state index is 14.0. The monoisotopic (exact) mass is 387 g/mol. The number of aryl methyl sites for hydroxylation is 1. The second kappa shape index (κ2) is 5.83. The third-order valence-corrected chi connectivity index (χ3v) is 6.45. The lowest BCUT2D eigenvalue weighted by Crippen LogP contribution is -2.25. The normalized spacial score (nSPS) is 22.3. The number of benzene rings is 1. The Labute approximate surface area is 158 Å². The Bertz CT molecular complexity index is 1130. The molecule has 27 heavy (non-hydrogen) atoms. The molecule has 0 N–H and O–H groups in total. The van der Waals surface area contributed by atoms with E-state index in [1.54, 1.807) is 32.2 Å². The molecule has 0 fully saturated rings. The molecular weight excluding hydrogens is 365 g/mol. The van der Waals surface area contributed by atoms with Crippen molar-refractivity contribution < 1.29 is 17.2 Å². The van der Waals surface area contributed by atoms with Crippen molar-refractivity contribution in [2.75, 3.05) is 17.6 Å². The van der Waals surface area contributed by atoms with Crippen molar-refractivity contribution in [1.29, 1.82) is 0 Å². The first-order chi connectivity index (χ1) is 12.6. The number of furan rings is 1. The molecule has 0 bridgehead atoms. The zero-order chi connectivity index (χ0) is 19.6. The Hall–Kier alpha value is -2.34. The van der Waals surface area contributed by atoms with Gasteiger partial charge >= 0.3 is 0 Å². The van der Waals surface area contributed by atoms with E-state index < -0.39 is 15.7 Å². The lowest BCUT2D eigenvalue weighted by molar-refractivity contribution is 0.260. The molecule has 4 rings (SSSR count). The van der Waals surface area contributed by atoms with Gasteiger partial charge in [-0.3, -0.25) is 4.31 Å². The van der Waals surface area contributed by atoms with Gasteiger partial charge in [0.1, 0.15) is 17.0 Å². The van der Waals surface area contributed by atoms with Crippen LogP contribution < -0.4 is 4.31 Å². The first-order valence-corrected chi connectivity index (χ1v) is 10.7. The quantitative estimate of drug-likeness (QED) is 0.704. The molecule has 1 unspecified atom stereocenters. The van der Waals surface area contributed by atoms with E-state index in [0.717, 1.165) is 22.1 Å². The van der Waals surface area contributed by atoms with Crippen LogP contribution in [0.4, 0.5) is 10.1 Å². The van der Waals surface area contributed by atoms with E-state index in [9.17, 15) is 12.8 Å². The molecule has 2 aliphatic carbocycles. The number of sulfonamides is 1. The molecule has 0 saturated heterocycles. The van der Waals surface area contributed by atoms with Crippen LogP contribution in [0.1, 0.15) is 36.1 Å². The van der Waals surface area contributed by atoms with Crippen molar-refractivity contribution >= 4 is 32.3 Å². The average molecular weight is 387 g/mol. The van der Waals surface area contributed by atoms with E-state index in [0.29, 0.717) is 23.5 Å². The van der Waals surface area contributed by atoms with Gasteiger partial charge in [0.15, 0.2) is 0 Å². The molecule has 4 nitrogen and oxygen atoms in total. The van der Waals surface area contributed by atoms with Crippen LogP contribution in [0.5, 0.6) is 0 Å². The number of anilines is 1. The van der Waals surface area contributed by atoms with Crippen LogP contribution in [-0.2, 0) is 10.0 Å². The molecular formula is C21H22FNO3S. The van der Waals surface area contributed by atoms with Gasteiger partial charge in [0.05, 0.1) is 11.9 Å². The number of hydrogen-bond acceptors (Lipinski definition) is 3. The summed E-state index contributed by atoms with van der Waals surface area (Å²) >= 11 is 0. The standard InChI is InChI=1S/C21H22FNO3S/c1-13-16-11-17(14-5-6-14)18(23(3)27(4,24)25)12-19(16)26-20(13)15-7-9-21(2,22)10-8-15/h5-9,11-12,14H,10H2,1-4H3. The van der Waals surface area contributed by atoms with Crippen LogP contribution in [0.25, 0.3) is 16.5 Å². The first kappa shape index (κ1) is 18.0. The van der Waals surface area contributed by atoms with Crippen molar-refractivity contribution in [2.24, 2.45) is 0 Å². The fraction of sp³-hybridized carbons (Fsp3) is 0.333. The van der Waals surface area contributed by atoms with E-state index in [-0.39, 0.29) is 5.92 Å². The summed E-state index contributed by atoms with van der Waals surface area (Å²) in [5.74, 6) is 0.845. The third-order valence-electron chi connectivity index (χ3n) is 5.26. The molecule has 0 saturated carbocycles. The summed E-state index contributed by atoms with van der Waals surface area (Å²) in [5, 5.41) is 0.947. The van der Waals surface area contributed by atoms with Gasteiger partial charge in [-0.2, -0.15) is 0 Å². The molecule has 1 aromatic heterocycles. The second-order valence-corrected chi connectivity index (χ2v) is 9.59. The summed E-state index contributed by atoms with van der Waals surface area (Å²) in [4.78, 5) is 0. The van der Waals surface area contributed by atoms with Crippen LogP contribution in [-0.4, -0.2) is 27.4 Å². The molecule has 1 atom stereocenters. The zero-order valence-electron chi connectivity index (χ0n) is 15.8. The van der Waals surface area contributed by atoms with Crippen LogP contribution in [0.15, 0.2) is 46.9 Å². The number of hydrogen-bond donors (Lipinski definition) is 0. The predicted octanol–water partition coefficient (Wildman–Crippen LogP) is 4.86. The summed E-state index contributed by atoms with van der Waals surface area (Å²) < 4.78 is 45.5. The highest BCUT2D eigenvalue weighted by molar-refractivity contribution is 7.92. The zero-order valence-corrected chi connectivity index (χ0v) is 16.6. The maximum Gasteiger partial charge on any atom is 0.232 e. The SMILES string of the molecule is Cc1c(C2=CCC(C)(F)C=C2)oc2cc(N(C)S(C)(=O)=O)c(C3C=C3)cc12. The van der Waals surface area contributed by atoms with E-state index in [1.165, 1.54) is 10.6 Å². The Kier molecular flexibility index (Phi) is 3.89. The van der Waals surface area contributed by atoms with Gasteiger partial charge in [-0.05, 0) is 31.6 Å². The molecule has 1 heterocycles. The predicted molar refractivity (Wildman–Crippen MR) is 107 cm³/mol. The molecule has 0 spiro atoms. The summed E-state index contributed by atoms with van der Waals surface area (Å²) in [7, 11) is -1.84. The molecule has 0 aliphatic heterocycles. The van der Waals surface area contributed by atoms with Gasteiger partial charge in [0.2, 0.25) is 10.0 Å². The second-order valence-electron chi connectivity index (χ2n) is 7.58. The lowest BCUT2D eigenvalue weighted by Gasteiger charge is -2.20. The van der Waals surface area contributed by atoms with Gasteiger partial charge in [-0.15, -0.1) is 0 Å². The van der Waals surface area contributed by atoms with Crippen molar-refractivity contribution in [3.63, 3.8) is 0 Å². The third kappa shape index (κ3) is 3.23. The number of fused-ring (bicyclic) bond motifs is 1. The number of rotatable bonds is 4. The Balaban J connectivity index is 1.86. The number of halogens is 1. The van der Waals surface area contributed by atoms with Gasteiger partial charge in [0.25, 0.3) is 0 Å². The Morgan fingerprint density at radius 3 is 2.56 bits per heavy atom. The van der Waals surface area contributed by atoms with Gasteiger partial charge in [-0.25, -0.2) is 12.8 Å². The smallest absolute Gasteiger partial charge is 0.232 e. The average Bonchev–Trinajstić information content (AvgIpc) is 3.38. The van der Waals surface area contributed by atoms with Gasteiger partial charge < -0.3 is 4.42 Å². The molecule has 0 radical (unpaired) electrons. The molecule has 142 valence electrons. The van der Waals surface area contributed by atoms with Crippen molar-refractivity contribution in [1.82, 2.24) is 0 Å². The molecule has 6 heteroatoms. The Morgan fingerprint density at radius 1 is 1.30 bits per heavy atom. The van der Waals surface area contributed by atoms with Crippen LogP contribution in [0.2, 0.25) is 0 Å². The van der Waals surface area contributed by atoms with Crippen molar-refractivity contribution in [3.05, 3.63) is 59.4 Å². The summed E-state index contributed by atoms with van der Waals surface area (Å²) in [6, 6.07) is 3.79. The van der Waals surface area contributed by atoms with Crippen LogP contribution in [0.3, 0.4) is 0 Å². The molecule has 1 aromatic carbocycles. The highest BCUT2D eigenvalue weighted by Gasteiger charge is 2.27. The van der Waals surface area contributed by atoms with Crippen molar-refractivity contribution in [3.8, 4) is 0 Å².